The molecule has 0 aromatic heterocycles. The zero-order chi connectivity index (χ0) is 25.1. The summed E-state index contributed by atoms with van der Waals surface area (Å²) in [5, 5.41) is 9.22. The molecule has 0 radical (unpaired) electrons. The van der Waals surface area contributed by atoms with E-state index < -0.39 is 5.97 Å². The van der Waals surface area contributed by atoms with Crippen molar-refractivity contribution in [2.24, 2.45) is 0 Å². The highest BCUT2D eigenvalue weighted by atomic mass is 16.5. The topological polar surface area (TPSA) is 46.5 Å². The Kier molecular flexibility index (Phi) is 7.95. The minimum Gasteiger partial charge on any atom is -0.493 e. The van der Waals surface area contributed by atoms with Gasteiger partial charge in [0, 0.05) is 11.1 Å². The van der Waals surface area contributed by atoms with E-state index in [1.807, 2.05) is 12.1 Å². The number of carboxylic acid groups (broad SMARTS) is 1. The number of aromatic carboxylic acids is 1. The van der Waals surface area contributed by atoms with E-state index in [0.717, 1.165) is 36.3 Å². The maximum atomic E-state index is 11.2. The standard InChI is InChI=1S/C31H42O3/c1-8-9-10-11-18-34-28-26(21(2)19-23-12-14-24(15-13-23)29(32)33)22(3)20-25-27(28)31(6,7)17-16-30(25,4)5/h12-15,19-20H,8-11,16-18H2,1-7H3,(H,32,33). The predicted octanol–water partition coefficient (Wildman–Crippen LogP) is 8.56. The van der Waals surface area contributed by atoms with Crippen molar-refractivity contribution in [1.82, 2.24) is 0 Å². The molecule has 1 aliphatic carbocycles. The van der Waals surface area contributed by atoms with E-state index in [4.69, 9.17) is 4.74 Å². The molecule has 0 unspecified atom stereocenters. The lowest BCUT2D eigenvalue weighted by Crippen LogP contribution is -2.35. The number of ether oxygens (including phenoxy) is 1. The second-order valence-electron chi connectivity index (χ2n) is 11.3. The van der Waals surface area contributed by atoms with Gasteiger partial charge in [-0.2, -0.15) is 0 Å². The van der Waals surface area contributed by atoms with Crippen LogP contribution in [0.1, 0.15) is 118 Å². The Labute approximate surface area is 206 Å². The minimum absolute atomic E-state index is 0.0511. The molecule has 184 valence electrons. The van der Waals surface area contributed by atoms with Gasteiger partial charge in [-0.15, -0.1) is 0 Å². The lowest BCUT2D eigenvalue weighted by molar-refractivity contribution is 0.0697. The molecule has 0 bridgehead atoms. The Bertz CT molecular complexity index is 1060. The summed E-state index contributed by atoms with van der Waals surface area (Å²) in [4.78, 5) is 11.2. The van der Waals surface area contributed by atoms with Crippen LogP contribution in [0.3, 0.4) is 0 Å². The fourth-order valence-corrected chi connectivity index (χ4v) is 5.26. The quantitative estimate of drug-likeness (QED) is 0.300. The number of hydrogen-bond donors (Lipinski definition) is 1. The van der Waals surface area contributed by atoms with Crippen molar-refractivity contribution in [3.63, 3.8) is 0 Å². The van der Waals surface area contributed by atoms with Crippen LogP contribution in [0.25, 0.3) is 11.6 Å². The van der Waals surface area contributed by atoms with Gasteiger partial charge in [0.25, 0.3) is 0 Å². The number of carboxylic acids is 1. The van der Waals surface area contributed by atoms with Gasteiger partial charge in [-0.05, 0) is 78.3 Å². The van der Waals surface area contributed by atoms with E-state index in [1.165, 1.54) is 47.9 Å². The Morgan fingerprint density at radius 3 is 2.29 bits per heavy atom. The number of unbranched alkanes of at least 4 members (excludes halogenated alkanes) is 3. The summed E-state index contributed by atoms with van der Waals surface area (Å²) < 4.78 is 6.68. The number of hydrogen-bond acceptors (Lipinski definition) is 2. The lowest BCUT2D eigenvalue weighted by Gasteiger charge is -2.43. The van der Waals surface area contributed by atoms with Crippen LogP contribution in [0.2, 0.25) is 0 Å². The fraction of sp³-hybridized carbons (Fsp3) is 0.516. The van der Waals surface area contributed by atoms with Crippen LogP contribution in [-0.2, 0) is 10.8 Å². The number of aryl methyl sites for hydroxylation is 1. The van der Waals surface area contributed by atoms with Gasteiger partial charge in [-0.25, -0.2) is 4.79 Å². The van der Waals surface area contributed by atoms with Gasteiger partial charge in [-0.1, -0.05) is 78.2 Å². The molecule has 34 heavy (non-hydrogen) atoms. The van der Waals surface area contributed by atoms with Gasteiger partial charge in [0.15, 0.2) is 0 Å². The third-order valence-corrected chi connectivity index (χ3v) is 7.44. The van der Waals surface area contributed by atoms with Crippen LogP contribution in [0.5, 0.6) is 5.75 Å². The molecule has 0 heterocycles. The number of benzene rings is 2. The van der Waals surface area contributed by atoms with Crippen molar-refractivity contribution < 1.29 is 14.6 Å². The molecule has 0 aliphatic heterocycles. The summed E-state index contributed by atoms with van der Waals surface area (Å²) in [6, 6.07) is 9.47. The second-order valence-corrected chi connectivity index (χ2v) is 11.3. The average Bonchev–Trinajstić information content (AvgIpc) is 2.76. The highest BCUT2D eigenvalue weighted by molar-refractivity contribution is 5.89. The Hall–Kier alpha value is -2.55. The molecule has 2 aromatic carbocycles. The third-order valence-electron chi connectivity index (χ3n) is 7.44. The monoisotopic (exact) mass is 462 g/mol. The van der Waals surface area contributed by atoms with Gasteiger partial charge in [0.1, 0.15) is 5.75 Å². The SMILES string of the molecule is CCCCCCOc1c(C(C)=Cc2ccc(C(=O)O)cc2)c(C)cc2c1C(C)(C)CCC2(C)C. The van der Waals surface area contributed by atoms with Crippen LogP contribution >= 0.6 is 0 Å². The van der Waals surface area contributed by atoms with Gasteiger partial charge >= 0.3 is 5.97 Å². The highest BCUT2D eigenvalue weighted by Gasteiger charge is 2.40. The molecular weight excluding hydrogens is 420 g/mol. The van der Waals surface area contributed by atoms with E-state index in [-0.39, 0.29) is 10.8 Å². The van der Waals surface area contributed by atoms with Crippen molar-refractivity contribution in [2.45, 2.75) is 97.8 Å². The molecule has 1 N–H and O–H groups in total. The molecule has 0 fully saturated rings. The third kappa shape index (κ3) is 5.56. The molecule has 0 saturated heterocycles. The first-order chi connectivity index (χ1) is 16.0. The van der Waals surface area contributed by atoms with E-state index in [0.29, 0.717) is 5.56 Å². The highest BCUT2D eigenvalue weighted by Crippen LogP contribution is 2.52. The first kappa shape index (κ1) is 26.1. The van der Waals surface area contributed by atoms with Gasteiger partial charge < -0.3 is 9.84 Å². The van der Waals surface area contributed by atoms with E-state index in [2.05, 4.69) is 60.6 Å². The lowest BCUT2D eigenvalue weighted by atomic mass is 9.62. The molecule has 0 amide bonds. The Balaban J connectivity index is 2.12. The molecule has 1 aliphatic rings. The van der Waals surface area contributed by atoms with Gasteiger partial charge in [0.05, 0.1) is 12.2 Å². The summed E-state index contributed by atoms with van der Waals surface area (Å²) in [7, 11) is 0. The van der Waals surface area contributed by atoms with Crippen LogP contribution in [-0.4, -0.2) is 17.7 Å². The van der Waals surface area contributed by atoms with Crippen molar-refractivity contribution in [3.8, 4) is 5.75 Å². The zero-order valence-electron chi connectivity index (χ0n) is 22.2. The predicted molar refractivity (Wildman–Crippen MR) is 143 cm³/mol. The number of carbonyl (C=O) groups is 1. The smallest absolute Gasteiger partial charge is 0.335 e. The first-order valence-corrected chi connectivity index (χ1v) is 12.8. The average molecular weight is 463 g/mol. The maximum Gasteiger partial charge on any atom is 0.335 e. The van der Waals surface area contributed by atoms with E-state index in [9.17, 15) is 9.90 Å². The molecule has 3 heteroatoms. The van der Waals surface area contributed by atoms with Crippen LogP contribution in [0.4, 0.5) is 0 Å². The van der Waals surface area contributed by atoms with Crippen LogP contribution < -0.4 is 4.74 Å². The van der Waals surface area contributed by atoms with Crippen LogP contribution in [0, 0.1) is 6.92 Å². The first-order valence-electron chi connectivity index (χ1n) is 12.8. The summed E-state index contributed by atoms with van der Waals surface area (Å²) in [5.41, 5.74) is 7.83. The van der Waals surface area contributed by atoms with E-state index in [1.54, 1.807) is 12.1 Å². The summed E-state index contributed by atoms with van der Waals surface area (Å²) in [6.45, 7) is 16.7. The maximum absolute atomic E-state index is 11.2. The molecule has 0 spiro atoms. The minimum atomic E-state index is -0.901. The summed E-state index contributed by atoms with van der Waals surface area (Å²) in [6.07, 6.45) is 9.18. The molecule has 3 nitrogen and oxygen atoms in total. The van der Waals surface area contributed by atoms with Crippen molar-refractivity contribution in [2.75, 3.05) is 6.61 Å². The van der Waals surface area contributed by atoms with Crippen LogP contribution in [0.15, 0.2) is 30.3 Å². The number of rotatable bonds is 9. The Morgan fingerprint density at radius 2 is 1.68 bits per heavy atom. The van der Waals surface area contributed by atoms with Crippen molar-refractivity contribution in [1.29, 1.82) is 0 Å². The number of allylic oxidation sites excluding steroid dienone is 1. The second kappa shape index (κ2) is 10.4. The zero-order valence-corrected chi connectivity index (χ0v) is 22.2. The molecule has 0 atom stereocenters. The van der Waals surface area contributed by atoms with Gasteiger partial charge in [0.2, 0.25) is 0 Å². The molecular formula is C31H42O3. The molecule has 3 rings (SSSR count). The largest absolute Gasteiger partial charge is 0.493 e. The molecule has 0 saturated carbocycles. The summed E-state index contributed by atoms with van der Waals surface area (Å²) in [5.74, 6) is 0.154. The van der Waals surface area contributed by atoms with Crippen molar-refractivity contribution >= 4 is 17.6 Å². The summed E-state index contributed by atoms with van der Waals surface area (Å²) >= 11 is 0. The van der Waals surface area contributed by atoms with Gasteiger partial charge in [-0.3, -0.25) is 0 Å². The normalized spacial score (nSPS) is 16.7. The van der Waals surface area contributed by atoms with Crippen molar-refractivity contribution in [3.05, 3.63) is 63.7 Å². The number of fused-ring (bicyclic) bond motifs is 1. The molecule has 2 aromatic rings. The Morgan fingerprint density at radius 1 is 1.03 bits per heavy atom. The fourth-order valence-electron chi connectivity index (χ4n) is 5.26. The van der Waals surface area contributed by atoms with E-state index >= 15 is 0 Å².